The Bertz CT molecular complexity index is 807. The summed E-state index contributed by atoms with van der Waals surface area (Å²) in [6, 6.07) is 9.10. The highest BCUT2D eigenvalue weighted by Gasteiger charge is 2.16. The second-order valence-corrected chi connectivity index (χ2v) is 6.81. The number of hydrogen-bond acceptors (Lipinski definition) is 3. The number of rotatable bonds is 7. The largest absolute Gasteiger partial charge is 0.492 e. The summed E-state index contributed by atoms with van der Waals surface area (Å²) in [5, 5.41) is 1.72. The van der Waals surface area contributed by atoms with Crippen LogP contribution in [0, 0.1) is 0 Å². The van der Waals surface area contributed by atoms with E-state index in [2.05, 4.69) is 9.97 Å². The lowest BCUT2D eigenvalue weighted by Gasteiger charge is -2.20. The van der Waals surface area contributed by atoms with Gasteiger partial charge in [0.05, 0.1) is 19.1 Å². The van der Waals surface area contributed by atoms with Crippen molar-refractivity contribution in [2.45, 2.75) is 18.9 Å². The maximum absolute atomic E-state index is 6.40. The number of halogens is 3. The van der Waals surface area contributed by atoms with E-state index in [1.54, 1.807) is 36.9 Å². The van der Waals surface area contributed by atoms with E-state index in [-0.39, 0.29) is 5.92 Å². The van der Waals surface area contributed by atoms with Crippen molar-refractivity contribution in [1.82, 2.24) is 14.5 Å². The maximum Gasteiger partial charge on any atom is 0.137 e. The van der Waals surface area contributed by atoms with E-state index < -0.39 is 0 Å². The molecule has 0 saturated carbocycles. The Morgan fingerprint density at radius 2 is 2.00 bits per heavy atom. The van der Waals surface area contributed by atoms with Crippen LogP contribution in [0.15, 0.2) is 55.2 Å². The van der Waals surface area contributed by atoms with Gasteiger partial charge in [0.15, 0.2) is 0 Å². The zero-order valence-electron chi connectivity index (χ0n) is 13.3. The Labute approximate surface area is 161 Å². The molecule has 0 fully saturated rings. The van der Waals surface area contributed by atoms with E-state index >= 15 is 0 Å². The van der Waals surface area contributed by atoms with Crippen LogP contribution in [0.4, 0.5) is 0 Å². The van der Waals surface area contributed by atoms with Gasteiger partial charge in [0, 0.05) is 34.9 Å². The Morgan fingerprint density at radius 1 is 1.12 bits per heavy atom. The molecule has 1 atom stereocenters. The van der Waals surface area contributed by atoms with Crippen molar-refractivity contribution in [1.29, 1.82) is 0 Å². The third kappa shape index (κ3) is 5.11. The summed E-state index contributed by atoms with van der Waals surface area (Å²) in [5.74, 6) is 0.854. The molecule has 130 valence electrons. The van der Waals surface area contributed by atoms with Gasteiger partial charge in [-0.05, 0) is 36.2 Å². The van der Waals surface area contributed by atoms with Crippen molar-refractivity contribution in [2.75, 3.05) is 6.61 Å². The second-order valence-electron chi connectivity index (χ2n) is 5.58. The van der Waals surface area contributed by atoms with Gasteiger partial charge >= 0.3 is 0 Å². The van der Waals surface area contributed by atoms with Gasteiger partial charge in [-0.3, -0.25) is 0 Å². The first-order valence-corrected chi connectivity index (χ1v) is 8.90. The molecule has 2 heterocycles. The van der Waals surface area contributed by atoms with Crippen LogP contribution in [0.2, 0.25) is 15.2 Å². The Hall–Kier alpha value is -1.75. The zero-order valence-corrected chi connectivity index (χ0v) is 15.5. The molecule has 4 nitrogen and oxygen atoms in total. The number of pyridine rings is 1. The molecule has 0 saturated heterocycles. The number of benzene rings is 1. The molecule has 0 spiro atoms. The van der Waals surface area contributed by atoms with Gasteiger partial charge in [0.2, 0.25) is 0 Å². The van der Waals surface area contributed by atoms with Crippen LogP contribution in [0.25, 0.3) is 0 Å². The van der Waals surface area contributed by atoms with Gasteiger partial charge < -0.3 is 9.30 Å². The first-order chi connectivity index (χ1) is 12.1. The Balaban J connectivity index is 1.70. The van der Waals surface area contributed by atoms with Gasteiger partial charge in [0.1, 0.15) is 10.9 Å². The van der Waals surface area contributed by atoms with Gasteiger partial charge in [-0.2, -0.15) is 0 Å². The molecule has 0 amide bonds. The van der Waals surface area contributed by atoms with Crippen LogP contribution in [0.5, 0.6) is 5.75 Å². The van der Waals surface area contributed by atoms with E-state index in [0.717, 1.165) is 18.5 Å². The molecule has 0 aliphatic carbocycles. The first-order valence-electron chi connectivity index (χ1n) is 7.77. The SMILES string of the molecule is Clc1ccc(C(CCOc2ccc(Cl)nc2)Cn2ccnc2)c(Cl)c1. The van der Waals surface area contributed by atoms with Gasteiger partial charge in [-0.1, -0.05) is 40.9 Å². The topological polar surface area (TPSA) is 39.9 Å². The minimum absolute atomic E-state index is 0.166. The summed E-state index contributed by atoms with van der Waals surface area (Å²) in [7, 11) is 0. The lowest BCUT2D eigenvalue weighted by atomic mass is 9.95. The number of nitrogens with zero attached hydrogens (tertiary/aromatic N) is 3. The summed E-state index contributed by atoms with van der Waals surface area (Å²) in [4.78, 5) is 8.11. The molecule has 25 heavy (non-hydrogen) atoms. The molecular formula is C18H16Cl3N3O. The van der Waals surface area contributed by atoms with Crippen molar-refractivity contribution in [3.63, 3.8) is 0 Å². The molecule has 0 aliphatic heterocycles. The minimum Gasteiger partial charge on any atom is -0.492 e. The maximum atomic E-state index is 6.40. The van der Waals surface area contributed by atoms with Crippen LogP contribution in [-0.2, 0) is 6.54 Å². The molecular weight excluding hydrogens is 381 g/mol. The van der Waals surface area contributed by atoms with Crippen LogP contribution >= 0.6 is 34.8 Å². The normalized spacial score (nSPS) is 12.1. The van der Waals surface area contributed by atoms with Gasteiger partial charge in [0.25, 0.3) is 0 Å². The number of aromatic nitrogens is 3. The van der Waals surface area contributed by atoms with E-state index in [1.807, 2.05) is 22.9 Å². The van der Waals surface area contributed by atoms with Crippen molar-refractivity contribution in [3.05, 3.63) is 76.0 Å². The average molecular weight is 397 g/mol. The Morgan fingerprint density at radius 3 is 2.68 bits per heavy atom. The standard InChI is InChI=1S/C18H16Cl3N3O/c19-14-1-3-16(17(20)9-14)13(11-24-7-6-22-12-24)5-8-25-15-2-4-18(21)23-10-15/h1-4,6-7,9-10,12-13H,5,8,11H2. The fourth-order valence-electron chi connectivity index (χ4n) is 2.59. The number of ether oxygens (including phenoxy) is 1. The molecule has 7 heteroatoms. The predicted octanol–water partition coefficient (Wildman–Crippen LogP) is 5.49. The van der Waals surface area contributed by atoms with Crippen LogP contribution in [0.1, 0.15) is 17.9 Å². The van der Waals surface area contributed by atoms with Crippen LogP contribution in [0.3, 0.4) is 0 Å². The second kappa shape index (κ2) is 8.56. The third-order valence-corrected chi connectivity index (χ3v) is 4.61. The lowest BCUT2D eigenvalue weighted by molar-refractivity contribution is 0.290. The van der Waals surface area contributed by atoms with Crippen molar-refractivity contribution >= 4 is 34.8 Å². The minimum atomic E-state index is 0.166. The quantitative estimate of drug-likeness (QED) is 0.496. The molecule has 0 N–H and O–H groups in total. The molecule has 1 aromatic carbocycles. The summed E-state index contributed by atoms with van der Waals surface area (Å²) >= 11 is 18.2. The molecule has 3 aromatic rings. The Kier molecular flexibility index (Phi) is 6.19. The summed E-state index contributed by atoms with van der Waals surface area (Å²) in [6.45, 7) is 1.28. The highest BCUT2D eigenvalue weighted by atomic mass is 35.5. The van der Waals surface area contributed by atoms with Crippen molar-refractivity contribution in [3.8, 4) is 5.75 Å². The summed E-state index contributed by atoms with van der Waals surface area (Å²) in [5.41, 5.74) is 1.04. The van der Waals surface area contributed by atoms with E-state index in [0.29, 0.717) is 27.6 Å². The molecule has 0 bridgehead atoms. The van der Waals surface area contributed by atoms with E-state index in [9.17, 15) is 0 Å². The predicted molar refractivity (Wildman–Crippen MR) is 101 cm³/mol. The van der Waals surface area contributed by atoms with Gasteiger partial charge in [-0.25, -0.2) is 9.97 Å². The third-order valence-electron chi connectivity index (χ3n) is 3.83. The molecule has 0 aliphatic rings. The van der Waals surface area contributed by atoms with Gasteiger partial charge in [-0.15, -0.1) is 0 Å². The van der Waals surface area contributed by atoms with Crippen molar-refractivity contribution in [2.24, 2.45) is 0 Å². The van der Waals surface area contributed by atoms with E-state index in [1.165, 1.54) is 0 Å². The fraction of sp³-hybridized carbons (Fsp3) is 0.222. The zero-order chi connectivity index (χ0) is 17.6. The highest BCUT2D eigenvalue weighted by molar-refractivity contribution is 6.35. The molecule has 3 rings (SSSR count). The monoisotopic (exact) mass is 395 g/mol. The summed E-state index contributed by atoms with van der Waals surface area (Å²) in [6.07, 6.45) is 7.88. The van der Waals surface area contributed by atoms with Crippen molar-refractivity contribution < 1.29 is 4.74 Å². The van der Waals surface area contributed by atoms with E-state index in [4.69, 9.17) is 39.5 Å². The number of imidazole rings is 1. The molecule has 1 unspecified atom stereocenters. The van der Waals surface area contributed by atoms with Crippen LogP contribution in [-0.4, -0.2) is 21.1 Å². The lowest BCUT2D eigenvalue weighted by Crippen LogP contribution is -2.12. The first kappa shape index (κ1) is 18.1. The average Bonchev–Trinajstić information content (AvgIpc) is 3.09. The molecule has 2 aromatic heterocycles. The summed E-state index contributed by atoms with van der Waals surface area (Å²) < 4.78 is 7.81. The highest BCUT2D eigenvalue weighted by Crippen LogP contribution is 2.31. The number of hydrogen-bond donors (Lipinski definition) is 0. The van der Waals surface area contributed by atoms with Crippen LogP contribution < -0.4 is 4.74 Å². The fourth-order valence-corrected chi connectivity index (χ4v) is 3.27. The molecule has 0 radical (unpaired) electrons. The smallest absolute Gasteiger partial charge is 0.137 e.